The molecule has 2 aromatic carbocycles. The van der Waals surface area contributed by atoms with E-state index in [0.717, 1.165) is 17.0 Å². The number of anilines is 1. The van der Waals surface area contributed by atoms with Crippen molar-refractivity contribution in [1.82, 2.24) is 4.90 Å². The van der Waals surface area contributed by atoms with Gasteiger partial charge in [0.2, 0.25) is 5.91 Å². The summed E-state index contributed by atoms with van der Waals surface area (Å²) in [5, 5.41) is 2.57. The van der Waals surface area contributed by atoms with Gasteiger partial charge in [-0.2, -0.15) is 0 Å². The molecule has 8 heteroatoms. The lowest BCUT2D eigenvalue weighted by molar-refractivity contribution is -0.137. The number of likely N-dealkylation sites (tertiary alicyclic amines) is 1. The summed E-state index contributed by atoms with van der Waals surface area (Å²) in [6.07, 6.45) is 0.366. The second kappa shape index (κ2) is 9.30. The average molecular weight is 412 g/mol. The number of carbonyl (C=O) groups excluding carboxylic acids is 4. The molecule has 1 aliphatic rings. The van der Waals surface area contributed by atoms with Gasteiger partial charge in [-0.25, -0.2) is 9.18 Å². The summed E-state index contributed by atoms with van der Waals surface area (Å²) in [6, 6.07) is 11.1. The molecule has 1 heterocycles. The van der Waals surface area contributed by atoms with Crippen molar-refractivity contribution in [3.05, 3.63) is 65.5 Å². The van der Waals surface area contributed by atoms with Gasteiger partial charge in [-0.15, -0.1) is 0 Å². The highest BCUT2D eigenvalue weighted by atomic mass is 19.1. The molecule has 3 amide bonds. The summed E-state index contributed by atoms with van der Waals surface area (Å²) in [5.41, 5.74) is 0.784. The number of carbonyl (C=O) groups is 4. The third kappa shape index (κ3) is 5.08. The Morgan fingerprint density at radius 3 is 2.50 bits per heavy atom. The normalized spacial score (nSPS) is 16.5. The number of nitrogens with zero attached hydrogens (tertiary/aromatic N) is 1. The van der Waals surface area contributed by atoms with Crippen molar-refractivity contribution < 1.29 is 28.3 Å². The summed E-state index contributed by atoms with van der Waals surface area (Å²) in [4.78, 5) is 50.4. The van der Waals surface area contributed by atoms with E-state index < -0.39 is 29.7 Å². The fourth-order valence-corrected chi connectivity index (χ4v) is 3.19. The number of halogens is 1. The molecule has 156 valence electrons. The third-order valence-electron chi connectivity index (χ3n) is 4.64. The second-order valence-electron chi connectivity index (χ2n) is 6.95. The van der Waals surface area contributed by atoms with Crippen molar-refractivity contribution in [2.75, 3.05) is 11.9 Å². The molecule has 0 radical (unpaired) electrons. The molecule has 1 unspecified atom stereocenters. The third-order valence-corrected chi connectivity index (χ3v) is 4.64. The van der Waals surface area contributed by atoms with E-state index in [1.807, 2.05) is 0 Å². The minimum atomic E-state index is -1.10. The minimum absolute atomic E-state index is 0.176. The van der Waals surface area contributed by atoms with E-state index in [4.69, 9.17) is 4.74 Å². The number of hydrogen-bond donors (Lipinski definition) is 1. The van der Waals surface area contributed by atoms with Crippen LogP contribution in [0.3, 0.4) is 0 Å². The Hall–Kier alpha value is -3.55. The fourth-order valence-electron chi connectivity index (χ4n) is 3.19. The predicted octanol–water partition coefficient (Wildman–Crippen LogP) is 3.16. The van der Waals surface area contributed by atoms with Crippen LogP contribution in [0.25, 0.3) is 0 Å². The zero-order valence-corrected chi connectivity index (χ0v) is 16.4. The summed E-state index contributed by atoms with van der Waals surface area (Å²) in [7, 11) is 0. The number of hydrogen-bond acceptors (Lipinski definition) is 5. The minimum Gasteiger partial charge on any atom is -0.449 e. The Kier molecular flexibility index (Phi) is 6.56. The fraction of sp³-hybridized carbons (Fsp3) is 0.273. The molecule has 3 rings (SSSR count). The Morgan fingerprint density at radius 2 is 1.80 bits per heavy atom. The van der Waals surface area contributed by atoms with Crippen LogP contribution in [-0.4, -0.2) is 41.2 Å². The standard InChI is InChI=1S/C22H21FN2O5/c1-14(26)24-18-6-4-5-16(13-18)22(29)30-19-7-2-3-12-25(21(19)28)20(27)15-8-10-17(23)11-9-15/h4-6,8-11,13,19H,2-3,7,12H2,1H3,(H,24,26). The molecule has 1 aliphatic heterocycles. The first-order valence-corrected chi connectivity index (χ1v) is 9.55. The second-order valence-corrected chi connectivity index (χ2v) is 6.95. The molecule has 1 N–H and O–H groups in total. The Balaban J connectivity index is 1.74. The lowest BCUT2D eigenvalue weighted by Gasteiger charge is -2.23. The van der Waals surface area contributed by atoms with Crippen molar-refractivity contribution in [1.29, 1.82) is 0 Å². The Morgan fingerprint density at radius 1 is 1.07 bits per heavy atom. The van der Waals surface area contributed by atoms with Crippen LogP contribution in [0.15, 0.2) is 48.5 Å². The Bertz CT molecular complexity index is 974. The summed E-state index contributed by atoms with van der Waals surface area (Å²) in [5.74, 6) is -2.66. The highest BCUT2D eigenvalue weighted by Gasteiger charge is 2.34. The van der Waals surface area contributed by atoms with Crippen LogP contribution in [-0.2, 0) is 14.3 Å². The van der Waals surface area contributed by atoms with E-state index in [9.17, 15) is 23.6 Å². The Labute approximate surface area is 172 Å². The maximum atomic E-state index is 13.1. The van der Waals surface area contributed by atoms with Crippen LogP contribution >= 0.6 is 0 Å². The number of nitrogens with one attached hydrogen (secondary N) is 1. The van der Waals surface area contributed by atoms with Gasteiger partial charge in [0.25, 0.3) is 11.8 Å². The van der Waals surface area contributed by atoms with Gasteiger partial charge in [-0.1, -0.05) is 6.07 Å². The number of ether oxygens (including phenoxy) is 1. The smallest absolute Gasteiger partial charge is 0.338 e. The molecule has 0 aromatic heterocycles. The summed E-state index contributed by atoms with van der Waals surface area (Å²) in [6.45, 7) is 1.54. The molecule has 0 spiro atoms. The quantitative estimate of drug-likeness (QED) is 0.615. The van der Waals surface area contributed by atoms with E-state index >= 15 is 0 Å². The molecular weight excluding hydrogens is 391 g/mol. The van der Waals surface area contributed by atoms with E-state index in [1.165, 1.54) is 31.2 Å². The van der Waals surface area contributed by atoms with Gasteiger partial charge in [0.15, 0.2) is 6.10 Å². The van der Waals surface area contributed by atoms with Crippen LogP contribution in [0.5, 0.6) is 0 Å². The largest absolute Gasteiger partial charge is 0.449 e. The van der Waals surface area contributed by atoms with Crippen LogP contribution in [0.1, 0.15) is 46.9 Å². The van der Waals surface area contributed by atoms with E-state index in [-0.39, 0.29) is 23.6 Å². The first-order chi connectivity index (χ1) is 14.3. The first kappa shape index (κ1) is 21.2. The molecule has 7 nitrogen and oxygen atoms in total. The molecule has 1 atom stereocenters. The number of rotatable bonds is 4. The van der Waals surface area contributed by atoms with Crippen molar-refractivity contribution in [2.45, 2.75) is 32.3 Å². The monoisotopic (exact) mass is 412 g/mol. The van der Waals surface area contributed by atoms with Crippen molar-refractivity contribution in [3.63, 3.8) is 0 Å². The van der Waals surface area contributed by atoms with Gasteiger partial charge in [0.1, 0.15) is 5.82 Å². The lowest BCUT2D eigenvalue weighted by atomic mass is 10.1. The molecule has 2 aromatic rings. The highest BCUT2D eigenvalue weighted by Crippen LogP contribution is 2.20. The summed E-state index contributed by atoms with van der Waals surface area (Å²) < 4.78 is 18.5. The molecule has 30 heavy (non-hydrogen) atoms. The van der Waals surface area contributed by atoms with Gasteiger partial charge in [-0.05, 0) is 61.7 Å². The van der Waals surface area contributed by atoms with Crippen LogP contribution in [0.2, 0.25) is 0 Å². The van der Waals surface area contributed by atoms with Gasteiger partial charge in [-0.3, -0.25) is 19.3 Å². The topological polar surface area (TPSA) is 92.8 Å². The number of esters is 1. The van der Waals surface area contributed by atoms with Gasteiger partial charge in [0, 0.05) is 24.7 Å². The van der Waals surface area contributed by atoms with E-state index in [1.54, 1.807) is 12.1 Å². The molecule has 1 saturated heterocycles. The number of amides is 3. The first-order valence-electron chi connectivity index (χ1n) is 9.55. The maximum absolute atomic E-state index is 13.1. The summed E-state index contributed by atoms with van der Waals surface area (Å²) >= 11 is 0. The van der Waals surface area contributed by atoms with Gasteiger partial charge >= 0.3 is 5.97 Å². The molecule has 0 saturated carbocycles. The number of imide groups is 1. The lowest BCUT2D eigenvalue weighted by Crippen LogP contribution is -2.43. The van der Waals surface area contributed by atoms with Crippen molar-refractivity contribution >= 4 is 29.4 Å². The highest BCUT2D eigenvalue weighted by molar-refractivity contribution is 6.06. The van der Waals surface area contributed by atoms with E-state index in [2.05, 4.69) is 5.32 Å². The average Bonchev–Trinajstić information content (AvgIpc) is 2.89. The predicted molar refractivity (Wildman–Crippen MR) is 106 cm³/mol. The molecule has 1 fully saturated rings. The van der Waals surface area contributed by atoms with Gasteiger partial charge < -0.3 is 10.1 Å². The van der Waals surface area contributed by atoms with Crippen LogP contribution in [0, 0.1) is 5.82 Å². The van der Waals surface area contributed by atoms with E-state index in [0.29, 0.717) is 24.9 Å². The zero-order chi connectivity index (χ0) is 21.7. The zero-order valence-electron chi connectivity index (χ0n) is 16.4. The van der Waals surface area contributed by atoms with Crippen molar-refractivity contribution in [3.8, 4) is 0 Å². The molecular formula is C22H21FN2O5. The molecule has 0 bridgehead atoms. The molecule has 0 aliphatic carbocycles. The van der Waals surface area contributed by atoms with Crippen LogP contribution in [0.4, 0.5) is 10.1 Å². The van der Waals surface area contributed by atoms with Gasteiger partial charge in [0.05, 0.1) is 5.56 Å². The number of benzene rings is 2. The SMILES string of the molecule is CC(=O)Nc1cccc(C(=O)OC2CCCCN(C(=O)c3ccc(F)cc3)C2=O)c1. The van der Waals surface area contributed by atoms with Crippen molar-refractivity contribution in [2.24, 2.45) is 0 Å². The van der Waals surface area contributed by atoms with Crippen LogP contribution < -0.4 is 5.32 Å². The maximum Gasteiger partial charge on any atom is 0.338 e.